The fraction of sp³-hybridized carbons (Fsp3) is 0.444. The van der Waals surface area contributed by atoms with E-state index in [0.29, 0.717) is 23.6 Å². The Balaban J connectivity index is 1.33. The summed E-state index contributed by atoms with van der Waals surface area (Å²) < 4.78 is 5.48. The standard InChI is InChI=1S/C36H44ClN3O2S/c1-39(2)34(31-18-20-32(37)21-19-31)30-16-14-27(15-17-30)22-33-36(35(41)42-3,25-43-24-29-12-8-5-9-13-29)38-26-40(33)23-28-10-6-4-7-11-28/h4-13,18-21,26-27,30,33-34H,14-17,22-25H2,1-3H3. The number of hydrogen-bond donors (Lipinski definition) is 0. The number of aliphatic imine (C=N–C) groups is 1. The van der Waals surface area contributed by atoms with Crippen LogP contribution in [-0.4, -0.2) is 60.6 Å². The van der Waals surface area contributed by atoms with Crippen LogP contribution < -0.4 is 0 Å². The number of carbonyl (C=O) groups is 1. The van der Waals surface area contributed by atoms with Crippen LogP contribution in [0.5, 0.6) is 0 Å². The predicted molar refractivity (Wildman–Crippen MR) is 180 cm³/mol. The van der Waals surface area contributed by atoms with E-state index >= 15 is 0 Å². The molecule has 3 aromatic carbocycles. The Bertz CT molecular complexity index is 1330. The summed E-state index contributed by atoms with van der Waals surface area (Å²) in [6.45, 7) is 0.728. The fourth-order valence-electron chi connectivity index (χ4n) is 7.06. The number of halogens is 1. The Morgan fingerprint density at radius 2 is 1.60 bits per heavy atom. The Morgan fingerprint density at radius 1 is 0.977 bits per heavy atom. The molecule has 3 atom stereocenters. The van der Waals surface area contributed by atoms with Crippen LogP contribution >= 0.6 is 23.4 Å². The van der Waals surface area contributed by atoms with E-state index in [-0.39, 0.29) is 12.0 Å². The Morgan fingerprint density at radius 3 is 2.21 bits per heavy atom. The normalized spacial score (nSPS) is 24.3. The lowest BCUT2D eigenvalue weighted by Gasteiger charge is -2.41. The van der Waals surface area contributed by atoms with Gasteiger partial charge in [-0.3, -0.25) is 4.99 Å². The summed E-state index contributed by atoms with van der Waals surface area (Å²) in [5.74, 6) is 2.31. The number of hydrogen-bond acceptors (Lipinski definition) is 6. The van der Waals surface area contributed by atoms with Crippen LogP contribution in [0.3, 0.4) is 0 Å². The van der Waals surface area contributed by atoms with Crippen molar-refractivity contribution < 1.29 is 9.53 Å². The second kappa shape index (κ2) is 14.8. The molecule has 1 saturated carbocycles. The van der Waals surface area contributed by atoms with E-state index in [4.69, 9.17) is 21.3 Å². The molecule has 7 heteroatoms. The van der Waals surface area contributed by atoms with Gasteiger partial charge in [-0.05, 0) is 74.0 Å². The molecule has 0 aromatic heterocycles. The molecule has 5 nitrogen and oxygen atoms in total. The number of benzene rings is 3. The second-order valence-corrected chi connectivity index (χ2v) is 13.7. The molecule has 0 amide bonds. The fourth-order valence-corrected chi connectivity index (χ4v) is 8.41. The summed E-state index contributed by atoms with van der Waals surface area (Å²) in [4.78, 5) is 23.3. The molecule has 3 aromatic rings. The monoisotopic (exact) mass is 617 g/mol. The van der Waals surface area contributed by atoms with Crippen molar-refractivity contribution in [3.63, 3.8) is 0 Å². The SMILES string of the molecule is COC(=O)C1(CSCc2ccccc2)N=CN(Cc2ccccc2)C1CC1CCC(C(c2ccc(Cl)cc2)N(C)C)CC1. The van der Waals surface area contributed by atoms with Crippen LogP contribution in [0, 0.1) is 11.8 Å². The quantitative estimate of drug-likeness (QED) is 0.193. The van der Waals surface area contributed by atoms with E-state index in [2.05, 4.69) is 84.6 Å². The van der Waals surface area contributed by atoms with Crippen LogP contribution in [0.2, 0.25) is 5.02 Å². The highest BCUT2D eigenvalue weighted by Crippen LogP contribution is 2.44. The Kier molecular flexibility index (Phi) is 10.9. The first-order valence-corrected chi connectivity index (χ1v) is 16.9. The van der Waals surface area contributed by atoms with E-state index in [9.17, 15) is 4.79 Å². The summed E-state index contributed by atoms with van der Waals surface area (Å²) in [5.41, 5.74) is 2.88. The average Bonchev–Trinajstić information content (AvgIpc) is 3.36. The first-order valence-electron chi connectivity index (χ1n) is 15.4. The third-order valence-corrected chi connectivity index (χ3v) is 10.7. The Hall–Kier alpha value is -2.80. The van der Waals surface area contributed by atoms with E-state index < -0.39 is 5.54 Å². The maximum atomic E-state index is 13.6. The molecule has 2 aliphatic rings. The third kappa shape index (κ3) is 7.65. The van der Waals surface area contributed by atoms with Crippen molar-refractivity contribution in [2.24, 2.45) is 16.8 Å². The van der Waals surface area contributed by atoms with E-state index in [1.165, 1.54) is 23.8 Å². The lowest BCUT2D eigenvalue weighted by molar-refractivity contribution is -0.147. The van der Waals surface area contributed by atoms with Gasteiger partial charge in [0.15, 0.2) is 5.54 Å². The third-order valence-electron chi connectivity index (χ3n) is 9.23. The lowest BCUT2D eigenvalue weighted by Crippen LogP contribution is -2.54. The highest BCUT2D eigenvalue weighted by atomic mass is 35.5. The first kappa shape index (κ1) is 31.6. The molecule has 1 aliphatic heterocycles. The van der Waals surface area contributed by atoms with Gasteiger partial charge in [-0.2, -0.15) is 11.8 Å². The zero-order valence-electron chi connectivity index (χ0n) is 25.6. The van der Waals surface area contributed by atoms with Gasteiger partial charge in [-0.25, -0.2) is 4.79 Å². The predicted octanol–water partition coefficient (Wildman–Crippen LogP) is 7.90. The van der Waals surface area contributed by atoms with E-state index in [1.54, 1.807) is 11.8 Å². The molecule has 0 bridgehead atoms. The molecule has 0 spiro atoms. The topological polar surface area (TPSA) is 45.1 Å². The smallest absolute Gasteiger partial charge is 0.336 e. The van der Waals surface area contributed by atoms with Gasteiger partial charge in [-0.15, -0.1) is 0 Å². The largest absolute Gasteiger partial charge is 0.467 e. The highest BCUT2D eigenvalue weighted by Gasteiger charge is 2.53. The van der Waals surface area contributed by atoms with Gasteiger partial charge in [0, 0.05) is 29.1 Å². The van der Waals surface area contributed by atoms with Crippen LogP contribution in [0.1, 0.15) is 54.8 Å². The molecule has 1 heterocycles. The minimum absolute atomic E-state index is 0.0501. The number of rotatable bonds is 12. The summed E-state index contributed by atoms with van der Waals surface area (Å²) >= 11 is 7.97. The van der Waals surface area contributed by atoms with Gasteiger partial charge >= 0.3 is 5.97 Å². The molecule has 1 fully saturated rings. The summed E-state index contributed by atoms with van der Waals surface area (Å²) in [7, 11) is 5.86. The summed E-state index contributed by atoms with van der Waals surface area (Å²) in [6, 6.07) is 29.6. The number of carbonyl (C=O) groups excluding carboxylic acids is 1. The minimum atomic E-state index is -0.921. The van der Waals surface area contributed by atoms with Crippen LogP contribution in [0.15, 0.2) is 89.9 Å². The highest BCUT2D eigenvalue weighted by molar-refractivity contribution is 7.98. The molecule has 1 aliphatic carbocycles. The number of thioether (sulfide) groups is 1. The number of nitrogens with zero attached hydrogens (tertiary/aromatic N) is 3. The van der Waals surface area contributed by atoms with Crippen molar-refractivity contribution in [1.29, 1.82) is 0 Å². The minimum Gasteiger partial charge on any atom is -0.467 e. The molecular weight excluding hydrogens is 574 g/mol. The van der Waals surface area contributed by atoms with Crippen molar-refractivity contribution in [3.05, 3.63) is 107 Å². The maximum absolute atomic E-state index is 13.6. The van der Waals surface area contributed by atoms with Crippen molar-refractivity contribution in [3.8, 4) is 0 Å². The molecule has 228 valence electrons. The van der Waals surface area contributed by atoms with Gasteiger partial charge in [-0.1, -0.05) is 97.2 Å². The number of ether oxygens (including phenoxy) is 1. The van der Waals surface area contributed by atoms with Crippen molar-refractivity contribution in [1.82, 2.24) is 9.80 Å². The molecule has 0 N–H and O–H groups in total. The molecule has 0 saturated heterocycles. The molecule has 3 unspecified atom stereocenters. The molecule has 0 radical (unpaired) electrons. The average molecular weight is 618 g/mol. The van der Waals surface area contributed by atoms with Gasteiger partial charge < -0.3 is 14.5 Å². The van der Waals surface area contributed by atoms with Gasteiger partial charge in [0.2, 0.25) is 0 Å². The van der Waals surface area contributed by atoms with Crippen molar-refractivity contribution in [2.45, 2.75) is 62.0 Å². The van der Waals surface area contributed by atoms with E-state index in [1.807, 2.05) is 30.6 Å². The lowest BCUT2D eigenvalue weighted by atomic mass is 9.73. The number of methoxy groups -OCH3 is 1. The molecule has 43 heavy (non-hydrogen) atoms. The summed E-state index contributed by atoms with van der Waals surface area (Å²) in [5, 5.41) is 0.778. The van der Waals surface area contributed by atoms with Gasteiger partial charge in [0.1, 0.15) is 0 Å². The molecule has 5 rings (SSSR count). The van der Waals surface area contributed by atoms with Crippen LogP contribution in [-0.2, 0) is 21.8 Å². The molecular formula is C36H44ClN3O2S. The van der Waals surface area contributed by atoms with Crippen LogP contribution in [0.4, 0.5) is 0 Å². The van der Waals surface area contributed by atoms with Crippen molar-refractivity contribution >= 4 is 35.7 Å². The van der Waals surface area contributed by atoms with Gasteiger partial charge in [0.25, 0.3) is 0 Å². The van der Waals surface area contributed by atoms with Crippen molar-refractivity contribution in [2.75, 3.05) is 27.0 Å². The summed E-state index contributed by atoms with van der Waals surface area (Å²) in [6.07, 6.45) is 7.46. The zero-order chi connectivity index (χ0) is 30.2. The van der Waals surface area contributed by atoms with E-state index in [0.717, 1.165) is 49.4 Å². The van der Waals surface area contributed by atoms with Crippen LogP contribution in [0.25, 0.3) is 0 Å². The number of esters is 1. The first-order chi connectivity index (χ1) is 20.9. The second-order valence-electron chi connectivity index (χ2n) is 12.3. The van der Waals surface area contributed by atoms with Gasteiger partial charge in [0.05, 0.1) is 19.5 Å². The maximum Gasteiger partial charge on any atom is 0.336 e. The Labute approximate surface area is 266 Å². The zero-order valence-corrected chi connectivity index (χ0v) is 27.1.